The number of carbonyl (C=O) groups excluding carboxylic acids is 2. The van der Waals surface area contributed by atoms with Crippen LogP contribution in [0.3, 0.4) is 0 Å². The highest BCUT2D eigenvalue weighted by atomic mass is 32.2. The Kier molecular flexibility index (Phi) is 4.76. The molecule has 1 aliphatic heterocycles. The predicted octanol–water partition coefficient (Wildman–Crippen LogP) is 3.23. The van der Waals surface area contributed by atoms with Gasteiger partial charge in [0.25, 0.3) is 5.91 Å². The van der Waals surface area contributed by atoms with E-state index in [2.05, 4.69) is 10.6 Å². The highest BCUT2D eigenvalue weighted by molar-refractivity contribution is 8.00. The molecule has 1 atom stereocenters. The average Bonchev–Trinajstić information content (AvgIpc) is 2.60. The van der Waals surface area contributed by atoms with E-state index in [4.69, 9.17) is 4.74 Å². The van der Waals surface area contributed by atoms with E-state index >= 15 is 0 Å². The number of amides is 2. The van der Waals surface area contributed by atoms with Crippen molar-refractivity contribution < 1.29 is 14.3 Å². The van der Waals surface area contributed by atoms with Gasteiger partial charge in [-0.2, -0.15) is 0 Å². The van der Waals surface area contributed by atoms with E-state index in [0.717, 1.165) is 16.2 Å². The molecule has 3 rings (SSSR count). The molecule has 0 spiro atoms. The van der Waals surface area contributed by atoms with Crippen molar-refractivity contribution in [3.05, 3.63) is 53.6 Å². The Labute approximate surface area is 144 Å². The molecule has 0 saturated heterocycles. The second-order valence-electron chi connectivity index (χ2n) is 5.48. The Morgan fingerprint density at radius 2 is 2.08 bits per heavy atom. The number of rotatable bonds is 4. The molecule has 6 heteroatoms. The summed E-state index contributed by atoms with van der Waals surface area (Å²) >= 11 is 1.47. The summed E-state index contributed by atoms with van der Waals surface area (Å²) in [5, 5.41) is 5.77. The van der Waals surface area contributed by atoms with Crippen LogP contribution >= 0.6 is 11.8 Å². The molecule has 5 nitrogen and oxygen atoms in total. The molecule has 0 radical (unpaired) electrons. The molecule has 0 fully saturated rings. The zero-order valence-electron chi connectivity index (χ0n) is 13.5. The Morgan fingerprint density at radius 1 is 1.29 bits per heavy atom. The van der Waals surface area contributed by atoms with E-state index in [1.54, 1.807) is 19.2 Å². The highest BCUT2D eigenvalue weighted by Gasteiger charge is 2.19. The van der Waals surface area contributed by atoms with Crippen molar-refractivity contribution in [1.82, 2.24) is 5.32 Å². The highest BCUT2D eigenvalue weighted by Crippen LogP contribution is 2.32. The molecule has 1 heterocycles. The van der Waals surface area contributed by atoms with Gasteiger partial charge in [0.15, 0.2) is 0 Å². The van der Waals surface area contributed by atoms with Crippen LogP contribution in [0.15, 0.2) is 47.4 Å². The standard InChI is InChI=1S/C18H18N2O3S/c1-11(13-5-3-4-6-15(13)23-2)19-18(22)12-7-8-16-14(9-12)20-17(21)10-24-16/h3-9,11H,10H2,1-2H3,(H,19,22)(H,20,21). The van der Waals surface area contributed by atoms with Crippen molar-refractivity contribution in [1.29, 1.82) is 0 Å². The SMILES string of the molecule is COc1ccccc1C(C)NC(=O)c1ccc2c(c1)NC(=O)CS2. The van der Waals surface area contributed by atoms with E-state index in [1.165, 1.54) is 11.8 Å². The number of hydrogen-bond donors (Lipinski definition) is 2. The van der Waals surface area contributed by atoms with Crippen LogP contribution in [0, 0.1) is 0 Å². The maximum Gasteiger partial charge on any atom is 0.251 e. The van der Waals surface area contributed by atoms with Gasteiger partial charge in [-0.1, -0.05) is 18.2 Å². The first kappa shape index (κ1) is 16.4. The van der Waals surface area contributed by atoms with E-state index in [0.29, 0.717) is 17.0 Å². The molecule has 2 aromatic rings. The lowest BCUT2D eigenvalue weighted by Gasteiger charge is -2.19. The van der Waals surface area contributed by atoms with Crippen molar-refractivity contribution in [3.63, 3.8) is 0 Å². The van der Waals surface area contributed by atoms with Crippen LogP contribution in [0.4, 0.5) is 5.69 Å². The number of nitrogens with one attached hydrogen (secondary N) is 2. The topological polar surface area (TPSA) is 67.4 Å². The van der Waals surface area contributed by atoms with Crippen molar-refractivity contribution >= 4 is 29.3 Å². The first-order valence-corrected chi connectivity index (χ1v) is 8.57. The van der Waals surface area contributed by atoms with Gasteiger partial charge in [0, 0.05) is 16.0 Å². The van der Waals surface area contributed by atoms with Crippen LogP contribution in [0.25, 0.3) is 0 Å². The van der Waals surface area contributed by atoms with Crippen molar-refractivity contribution in [2.24, 2.45) is 0 Å². The molecule has 2 aromatic carbocycles. The Balaban J connectivity index is 1.77. The molecule has 2 N–H and O–H groups in total. The maximum atomic E-state index is 12.5. The van der Waals surface area contributed by atoms with Gasteiger partial charge in [-0.15, -0.1) is 11.8 Å². The van der Waals surface area contributed by atoms with E-state index in [9.17, 15) is 9.59 Å². The van der Waals surface area contributed by atoms with Crippen LogP contribution in [-0.2, 0) is 4.79 Å². The second-order valence-corrected chi connectivity index (χ2v) is 6.50. The Hall–Kier alpha value is -2.47. The van der Waals surface area contributed by atoms with Crippen LogP contribution < -0.4 is 15.4 Å². The minimum absolute atomic E-state index is 0.0487. The lowest BCUT2D eigenvalue weighted by Crippen LogP contribution is -2.27. The number of para-hydroxylation sites is 1. The maximum absolute atomic E-state index is 12.5. The quantitative estimate of drug-likeness (QED) is 0.895. The molecular formula is C18H18N2O3S. The number of thioether (sulfide) groups is 1. The van der Waals surface area contributed by atoms with Crippen molar-refractivity contribution in [2.75, 3.05) is 18.2 Å². The minimum Gasteiger partial charge on any atom is -0.496 e. The summed E-state index contributed by atoms with van der Waals surface area (Å²) in [5.74, 6) is 0.900. The fourth-order valence-corrected chi connectivity index (χ4v) is 3.39. The number of benzene rings is 2. The molecule has 0 saturated carbocycles. The largest absolute Gasteiger partial charge is 0.496 e. The summed E-state index contributed by atoms with van der Waals surface area (Å²) in [5.41, 5.74) is 2.11. The van der Waals surface area contributed by atoms with Gasteiger partial charge in [-0.25, -0.2) is 0 Å². The van der Waals surface area contributed by atoms with Gasteiger partial charge >= 0.3 is 0 Å². The molecule has 124 valence electrons. The summed E-state index contributed by atoms with van der Waals surface area (Å²) in [6, 6.07) is 12.7. The van der Waals surface area contributed by atoms with E-state index < -0.39 is 0 Å². The third-order valence-corrected chi connectivity index (χ3v) is 4.90. The van der Waals surface area contributed by atoms with E-state index in [1.807, 2.05) is 37.3 Å². The smallest absolute Gasteiger partial charge is 0.251 e. The van der Waals surface area contributed by atoms with Gasteiger partial charge in [0.05, 0.1) is 24.6 Å². The van der Waals surface area contributed by atoms with Crippen LogP contribution in [-0.4, -0.2) is 24.7 Å². The van der Waals surface area contributed by atoms with Crippen molar-refractivity contribution in [3.8, 4) is 5.75 Å². The first-order chi connectivity index (χ1) is 11.6. The number of carbonyl (C=O) groups is 2. The summed E-state index contributed by atoms with van der Waals surface area (Å²) < 4.78 is 5.34. The van der Waals surface area contributed by atoms with Gasteiger partial charge in [0.2, 0.25) is 5.91 Å². The third kappa shape index (κ3) is 3.38. The molecule has 0 aromatic heterocycles. The fourth-order valence-electron chi connectivity index (χ4n) is 2.61. The lowest BCUT2D eigenvalue weighted by atomic mass is 10.1. The first-order valence-electron chi connectivity index (χ1n) is 7.59. The number of hydrogen-bond acceptors (Lipinski definition) is 4. The summed E-state index contributed by atoms with van der Waals surface area (Å²) in [6.07, 6.45) is 0. The summed E-state index contributed by atoms with van der Waals surface area (Å²) in [6.45, 7) is 1.91. The van der Waals surface area contributed by atoms with Crippen LogP contribution in [0.5, 0.6) is 5.75 Å². The predicted molar refractivity (Wildman–Crippen MR) is 94.7 cm³/mol. The normalized spacial score (nSPS) is 14.3. The van der Waals surface area contributed by atoms with Crippen LogP contribution in [0.2, 0.25) is 0 Å². The molecule has 24 heavy (non-hydrogen) atoms. The number of methoxy groups -OCH3 is 1. The Morgan fingerprint density at radius 3 is 2.88 bits per heavy atom. The monoisotopic (exact) mass is 342 g/mol. The van der Waals surface area contributed by atoms with Gasteiger partial charge in [0.1, 0.15) is 5.75 Å². The number of fused-ring (bicyclic) bond motifs is 1. The van der Waals surface area contributed by atoms with Crippen molar-refractivity contribution in [2.45, 2.75) is 17.9 Å². The average molecular weight is 342 g/mol. The molecule has 1 unspecified atom stereocenters. The summed E-state index contributed by atoms with van der Waals surface area (Å²) in [4.78, 5) is 25.0. The fraction of sp³-hybridized carbons (Fsp3) is 0.222. The third-order valence-electron chi connectivity index (χ3n) is 3.83. The molecule has 2 amide bonds. The number of anilines is 1. The second kappa shape index (κ2) is 6.97. The molecule has 1 aliphatic rings. The van der Waals surface area contributed by atoms with Gasteiger partial charge < -0.3 is 15.4 Å². The lowest BCUT2D eigenvalue weighted by molar-refractivity contribution is -0.113. The number of ether oxygens (including phenoxy) is 1. The minimum atomic E-state index is -0.200. The van der Waals surface area contributed by atoms with Gasteiger partial charge in [-0.05, 0) is 31.2 Å². The van der Waals surface area contributed by atoms with Gasteiger partial charge in [-0.3, -0.25) is 9.59 Å². The zero-order valence-corrected chi connectivity index (χ0v) is 14.3. The van der Waals surface area contributed by atoms with E-state index in [-0.39, 0.29) is 17.9 Å². The zero-order chi connectivity index (χ0) is 17.1. The molecule has 0 bridgehead atoms. The molecule has 0 aliphatic carbocycles. The summed E-state index contributed by atoms with van der Waals surface area (Å²) in [7, 11) is 1.61. The Bertz CT molecular complexity index is 792. The van der Waals surface area contributed by atoms with Crippen LogP contribution in [0.1, 0.15) is 28.9 Å². The molecular weight excluding hydrogens is 324 g/mol.